The van der Waals surface area contributed by atoms with E-state index in [0.29, 0.717) is 23.2 Å². The highest BCUT2D eigenvalue weighted by Gasteiger charge is 2.24. The van der Waals surface area contributed by atoms with Gasteiger partial charge < -0.3 is 4.74 Å². The lowest BCUT2D eigenvalue weighted by atomic mass is 10.2. The van der Waals surface area contributed by atoms with Gasteiger partial charge in [-0.15, -0.1) is 11.8 Å². The van der Waals surface area contributed by atoms with Gasteiger partial charge >= 0.3 is 0 Å². The Morgan fingerprint density at radius 3 is 2.19 bits per heavy atom. The number of rotatable bonds is 7. The zero-order valence-electron chi connectivity index (χ0n) is 15.2. The molecule has 1 aliphatic rings. The zero-order valence-corrected chi connectivity index (χ0v) is 16.9. The number of thioether (sulfide) groups is 1. The van der Waals surface area contributed by atoms with E-state index in [4.69, 9.17) is 4.74 Å². The van der Waals surface area contributed by atoms with Crippen molar-refractivity contribution in [2.45, 2.75) is 48.5 Å². The minimum absolute atomic E-state index is 0.293. The molecular weight excluding hydrogens is 366 g/mol. The molecule has 140 valence electrons. The third-order valence-electron chi connectivity index (χ3n) is 4.66. The van der Waals surface area contributed by atoms with Crippen LogP contribution in [0.15, 0.2) is 58.3 Å². The van der Waals surface area contributed by atoms with Crippen molar-refractivity contribution in [2.75, 3.05) is 17.1 Å². The van der Waals surface area contributed by atoms with Crippen LogP contribution in [0.5, 0.6) is 5.75 Å². The van der Waals surface area contributed by atoms with Crippen LogP contribution in [0.3, 0.4) is 0 Å². The van der Waals surface area contributed by atoms with E-state index in [1.165, 1.54) is 17.1 Å². The van der Waals surface area contributed by atoms with E-state index in [-0.39, 0.29) is 0 Å². The summed E-state index contributed by atoms with van der Waals surface area (Å²) in [5.41, 5.74) is 0.653. The Labute approximate surface area is 160 Å². The quantitative estimate of drug-likeness (QED) is 0.627. The predicted molar refractivity (Wildman–Crippen MR) is 108 cm³/mol. The number of anilines is 1. The first-order valence-corrected chi connectivity index (χ1v) is 11.6. The summed E-state index contributed by atoms with van der Waals surface area (Å²) < 4.78 is 33.4. The number of nitrogens with zero attached hydrogens (tertiary/aromatic N) is 1. The molecule has 0 radical (unpaired) electrons. The molecule has 1 aliphatic carbocycles. The predicted octanol–water partition coefficient (Wildman–Crippen LogP) is 4.95. The molecule has 0 amide bonds. The highest BCUT2D eigenvalue weighted by molar-refractivity contribution is 7.98. The molecule has 3 rings (SSSR count). The van der Waals surface area contributed by atoms with Crippen molar-refractivity contribution in [1.29, 1.82) is 0 Å². The van der Waals surface area contributed by atoms with Crippen molar-refractivity contribution in [1.82, 2.24) is 0 Å². The average molecular weight is 392 g/mol. The number of hydrogen-bond acceptors (Lipinski definition) is 4. The second-order valence-electron chi connectivity index (χ2n) is 6.36. The van der Waals surface area contributed by atoms with Crippen LogP contribution in [0.25, 0.3) is 0 Å². The van der Waals surface area contributed by atoms with Gasteiger partial charge in [-0.2, -0.15) is 0 Å². The third-order valence-corrected chi connectivity index (χ3v) is 7.33. The van der Waals surface area contributed by atoms with Crippen LogP contribution in [-0.2, 0) is 10.0 Å². The molecule has 0 spiro atoms. The van der Waals surface area contributed by atoms with Crippen LogP contribution < -0.4 is 9.04 Å². The number of hydrogen-bond donors (Lipinski definition) is 0. The number of sulfonamides is 1. The molecule has 0 aliphatic heterocycles. The van der Waals surface area contributed by atoms with Gasteiger partial charge in [-0.25, -0.2) is 8.42 Å². The molecule has 0 unspecified atom stereocenters. The van der Waals surface area contributed by atoms with Crippen molar-refractivity contribution in [3.63, 3.8) is 0 Å². The van der Waals surface area contributed by atoms with Crippen LogP contribution in [0.1, 0.15) is 32.6 Å². The van der Waals surface area contributed by atoms with Gasteiger partial charge in [0.05, 0.1) is 16.7 Å². The fourth-order valence-corrected chi connectivity index (χ4v) is 5.14. The highest BCUT2D eigenvalue weighted by Crippen LogP contribution is 2.29. The van der Waals surface area contributed by atoms with Gasteiger partial charge in [-0.05, 0) is 87.4 Å². The number of ether oxygens (including phenoxy) is 1. The van der Waals surface area contributed by atoms with Gasteiger partial charge in [0.1, 0.15) is 5.75 Å². The van der Waals surface area contributed by atoms with E-state index in [0.717, 1.165) is 23.5 Å². The maximum Gasteiger partial charge on any atom is 0.264 e. The summed E-state index contributed by atoms with van der Waals surface area (Å²) in [5, 5.41) is 0. The lowest BCUT2D eigenvalue weighted by molar-refractivity contribution is 0.210. The summed E-state index contributed by atoms with van der Waals surface area (Å²) in [6, 6.07) is 14.4. The summed E-state index contributed by atoms with van der Waals surface area (Å²) in [7, 11) is -3.58. The van der Waals surface area contributed by atoms with Gasteiger partial charge in [0, 0.05) is 11.4 Å². The molecule has 0 bridgehead atoms. The minimum Gasteiger partial charge on any atom is -0.490 e. The van der Waals surface area contributed by atoms with Crippen LogP contribution in [0.4, 0.5) is 5.69 Å². The van der Waals surface area contributed by atoms with Gasteiger partial charge in [-0.1, -0.05) is 0 Å². The Balaban J connectivity index is 1.80. The molecule has 2 aromatic rings. The molecular formula is C20H25NO3S2. The molecule has 6 heteroatoms. The first-order valence-electron chi connectivity index (χ1n) is 8.98. The van der Waals surface area contributed by atoms with Crippen LogP contribution >= 0.6 is 11.8 Å². The topological polar surface area (TPSA) is 46.6 Å². The van der Waals surface area contributed by atoms with Crippen LogP contribution in [-0.4, -0.2) is 27.3 Å². The second kappa shape index (κ2) is 8.35. The normalized spacial score (nSPS) is 15.2. The first kappa shape index (κ1) is 19.1. The van der Waals surface area contributed by atoms with Crippen molar-refractivity contribution in [3.8, 4) is 5.75 Å². The van der Waals surface area contributed by atoms with E-state index in [2.05, 4.69) is 0 Å². The standard InChI is InChI=1S/C20H25NO3S2/c1-3-21(26(22,23)20-14-12-19(25-2)13-15-20)16-8-10-18(11-9-16)24-17-6-4-5-7-17/h8-15,17H,3-7H2,1-2H3. The molecule has 0 N–H and O–H groups in total. The largest absolute Gasteiger partial charge is 0.490 e. The Morgan fingerprint density at radius 1 is 1.04 bits per heavy atom. The summed E-state index contributed by atoms with van der Waals surface area (Å²) >= 11 is 1.59. The van der Waals surface area contributed by atoms with Crippen LogP contribution in [0.2, 0.25) is 0 Å². The number of benzene rings is 2. The Morgan fingerprint density at radius 2 is 1.65 bits per heavy atom. The molecule has 0 aromatic heterocycles. The van der Waals surface area contributed by atoms with Gasteiger partial charge in [0.25, 0.3) is 10.0 Å². The molecule has 26 heavy (non-hydrogen) atoms. The van der Waals surface area contributed by atoms with Gasteiger partial charge in [-0.3, -0.25) is 4.31 Å². The maximum atomic E-state index is 13.0. The highest BCUT2D eigenvalue weighted by atomic mass is 32.2. The van der Waals surface area contributed by atoms with Crippen molar-refractivity contribution < 1.29 is 13.2 Å². The molecule has 0 heterocycles. The summed E-state index contributed by atoms with van der Waals surface area (Å²) in [4.78, 5) is 1.35. The molecule has 0 atom stereocenters. The molecule has 0 saturated heterocycles. The Hall–Kier alpha value is -1.66. The lowest BCUT2D eigenvalue weighted by Crippen LogP contribution is -2.30. The van der Waals surface area contributed by atoms with E-state index in [1.54, 1.807) is 23.9 Å². The lowest BCUT2D eigenvalue weighted by Gasteiger charge is -2.23. The molecule has 1 saturated carbocycles. The maximum absolute atomic E-state index is 13.0. The van der Waals surface area contributed by atoms with E-state index < -0.39 is 10.0 Å². The fourth-order valence-electron chi connectivity index (χ4n) is 3.26. The van der Waals surface area contributed by atoms with E-state index >= 15 is 0 Å². The van der Waals surface area contributed by atoms with Gasteiger partial charge in [0.15, 0.2) is 0 Å². The van der Waals surface area contributed by atoms with Crippen molar-refractivity contribution in [3.05, 3.63) is 48.5 Å². The third kappa shape index (κ3) is 4.18. The monoisotopic (exact) mass is 391 g/mol. The molecule has 2 aromatic carbocycles. The van der Waals surface area contributed by atoms with Crippen LogP contribution in [0, 0.1) is 0 Å². The smallest absolute Gasteiger partial charge is 0.264 e. The SMILES string of the molecule is CCN(c1ccc(OC2CCCC2)cc1)S(=O)(=O)c1ccc(SC)cc1. The van der Waals surface area contributed by atoms with E-state index in [9.17, 15) is 8.42 Å². The summed E-state index contributed by atoms with van der Waals surface area (Å²) in [6.45, 7) is 2.21. The molecule has 1 fully saturated rings. The first-order chi connectivity index (χ1) is 12.5. The summed E-state index contributed by atoms with van der Waals surface area (Å²) in [6.07, 6.45) is 6.91. The van der Waals surface area contributed by atoms with Crippen molar-refractivity contribution >= 4 is 27.5 Å². The Kier molecular flexibility index (Phi) is 6.14. The summed E-state index contributed by atoms with van der Waals surface area (Å²) in [5.74, 6) is 0.804. The Bertz CT molecular complexity index is 811. The zero-order chi connectivity index (χ0) is 18.6. The average Bonchev–Trinajstić information content (AvgIpc) is 3.16. The van der Waals surface area contributed by atoms with Gasteiger partial charge in [0.2, 0.25) is 0 Å². The van der Waals surface area contributed by atoms with Crippen molar-refractivity contribution in [2.24, 2.45) is 0 Å². The molecule has 4 nitrogen and oxygen atoms in total. The van der Waals surface area contributed by atoms with E-state index in [1.807, 2.05) is 49.6 Å². The second-order valence-corrected chi connectivity index (χ2v) is 9.11. The fraction of sp³-hybridized carbons (Fsp3) is 0.400. The minimum atomic E-state index is -3.58.